The first-order valence-corrected chi connectivity index (χ1v) is 26.9. The molecule has 0 saturated carbocycles. The van der Waals surface area contributed by atoms with E-state index in [1.807, 2.05) is 19.9 Å². The van der Waals surface area contributed by atoms with Gasteiger partial charge >= 0.3 is 11.9 Å². The number of carboxylic acids is 2. The van der Waals surface area contributed by atoms with Crippen molar-refractivity contribution in [1.82, 2.24) is 52.5 Å². The molecule has 0 aliphatic heterocycles. The SMILES string of the molecule is CC(C)C[C@H](NC(=O)[C@H](Cc1ccc(O)cc1)NC(=O)[C@H](C)NC(=O)[C@H](Cc1cnc[nH]1)NC(=O)[C@H](CCCCN)NC(=O)[C@H](CCC(=O)O)NC(=O)[C@H](CC(C)C)NC(=O)[C@@H](N)Cc1ccccc1)C(=O)N[C@H](C(=O)O)C(C)C. The molecule has 3 rings (SSSR count). The number of amides is 8. The van der Waals surface area contributed by atoms with E-state index in [9.17, 15) is 63.3 Å². The van der Waals surface area contributed by atoms with Crippen LogP contribution in [0.15, 0.2) is 67.1 Å². The maximum atomic E-state index is 14.3. The third-order valence-electron chi connectivity index (χ3n) is 12.8. The Morgan fingerprint density at radius 2 is 1.01 bits per heavy atom. The van der Waals surface area contributed by atoms with E-state index in [2.05, 4.69) is 52.5 Å². The lowest BCUT2D eigenvalue weighted by atomic mass is 9.99. The number of hydrogen-bond donors (Lipinski definition) is 14. The highest BCUT2D eigenvalue weighted by atomic mass is 16.4. The van der Waals surface area contributed by atoms with Crippen LogP contribution in [0.2, 0.25) is 0 Å². The van der Waals surface area contributed by atoms with Gasteiger partial charge in [-0.3, -0.25) is 43.2 Å². The summed E-state index contributed by atoms with van der Waals surface area (Å²) in [5, 5.41) is 50.1. The van der Waals surface area contributed by atoms with Gasteiger partial charge in [-0.05, 0) is 99.4 Å². The van der Waals surface area contributed by atoms with Crippen LogP contribution in [-0.2, 0) is 67.2 Å². The van der Waals surface area contributed by atoms with E-state index in [1.165, 1.54) is 43.7 Å². The molecule has 9 atom stereocenters. The number of hydrogen-bond acceptors (Lipinski definition) is 14. The Hall–Kier alpha value is -7.93. The molecule has 0 unspecified atom stereocenters. The van der Waals surface area contributed by atoms with Crippen molar-refractivity contribution >= 4 is 59.2 Å². The lowest BCUT2D eigenvalue weighted by molar-refractivity contribution is -0.143. The van der Waals surface area contributed by atoms with Gasteiger partial charge < -0.3 is 74.3 Å². The number of H-pyrrole nitrogens is 1. The normalized spacial score (nSPS) is 14.7. The number of carbonyl (C=O) groups excluding carboxylic acids is 8. The lowest BCUT2D eigenvalue weighted by Gasteiger charge is -2.28. The van der Waals surface area contributed by atoms with Crippen LogP contribution in [-0.4, -0.2) is 145 Å². The van der Waals surface area contributed by atoms with Gasteiger partial charge in [-0.2, -0.15) is 0 Å². The number of rotatable bonds is 35. The van der Waals surface area contributed by atoms with Crippen LogP contribution in [0.5, 0.6) is 5.75 Å². The largest absolute Gasteiger partial charge is 0.508 e. The number of aliphatic carboxylic acids is 2. The van der Waals surface area contributed by atoms with Crippen molar-refractivity contribution in [1.29, 1.82) is 0 Å². The number of imidazole rings is 1. The van der Waals surface area contributed by atoms with Crippen molar-refractivity contribution in [3.63, 3.8) is 0 Å². The molecular formula is C55H82N12O13. The number of aromatic nitrogens is 2. The minimum absolute atomic E-state index is 0.0288. The lowest BCUT2D eigenvalue weighted by Crippen LogP contribution is -2.60. The number of nitrogens with zero attached hydrogens (tertiary/aromatic N) is 1. The molecule has 80 heavy (non-hydrogen) atoms. The molecule has 25 nitrogen and oxygen atoms in total. The topological polar surface area (TPSA) is 408 Å². The molecule has 2 aromatic carbocycles. The number of benzene rings is 2. The second kappa shape index (κ2) is 33.5. The summed E-state index contributed by atoms with van der Waals surface area (Å²) in [7, 11) is 0. The standard InChI is InChI=1S/C55H82N12O13/c1-30(2)23-41(64-48(72)38(57)25-34-13-9-8-10-14-34)52(76)62-40(20-21-45(69)70)50(74)61-39(15-11-12-22-56)49(73)66-44(27-36-28-58-29-59-36)51(75)60-33(7)47(71)63-43(26-35-16-18-37(68)19-17-35)53(77)65-42(24-31(3)4)54(78)67-46(32(5)6)55(79)80/h8-10,13-14,16-19,28-33,38-44,46,68H,11-12,15,20-27,56-57H2,1-7H3,(H,58,59)(H,60,75)(H,61,74)(H,62,76)(H,63,71)(H,64,72)(H,65,77)(H,66,73)(H,67,78)(H,69,70)(H,79,80)/t33-,38-,39-,40-,41-,42-,43-,44-,46-/m0/s1. The van der Waals surface area contributed by atoms with Gasteiger partial charge in [0.05, 0.1) is 12.4 Å². The van der Waals surface area contributed by atoms with E-state index in [0.717, 1.165) is 5.56 Å². The third kappa shape index (κ3) is 23.6. The van der Waals surface area contributed by atoms with Gasteiger partial charge in [0.15, 0.2) is 0 Å². The average Bonchev–Trinajstić information content (AvgIpc) is 3.91. The van der Waals surface area contributed by atoms with Crippen LogP contribution in [0.3, 0.4) is 0 Å². The molecular weight excluding hydrogens is 1040 g/mol. The third-order valence-corrected chi connectivity index (χ3v) is 12.8. The first kappa shape index (κ1) is 66.4. The van der Waals surface area contributed by atoms with E-state index in [1.54, 1.807) is 52.0 Å². The zero-order valence-electron chi connectivity index (χ0n) is 46.6. The summed E-state index contributed by atoms with van der Waals surface area (Å²) >= 11 is 0. The average molecular weight is 1120 g/mol. The van der Waals surface area contributed by atoms with Crippen molar-refractivity contribution in [2.75, 3.05) is 6.54 Å². The van der Waals surface area contributed by atoms with Crippen molar-refractivity contribution in [3.05, 3.63) is 83.9 Å². The number of nitrogens with one attached hydrogen (secondary N) is 9. The number of phenolic OH excluding ortho intramolecular Hbond substituents is 1. The highest BCUT2D eigenvalue weighted by Crippen LogP contribution is 2.15. The van der Waals surface area contributed by atoms with Crippen molar-refractivity contribution in [2.24, 2.45) is 29.2 Å². The predicted molar refractivity (Wildman–Crippen MR) is 295 cm³/mol. The van der Waals surface area contributed by atoms with Crippen molar-refractivity contribution < 1.29 is 63.3 Å². The van der Waals surface area contributed by atoms with Crippen LogP contribution >= 0.6 is 0 Å². The molecule has 8 amide bonds. The van der Waals surface area contributed by atoms with E-state index in [4.69, 9.17) is 11.5 Å². The van der Waals surface area contributed by atoms with E-state index < -0.39 is 132 Å². The maximum absolute atomic E-state index is 14.3. The fourth-order valence-electron chi connectivity index (χ4n) is 8.38. The molecule has 0 radical (unpaired) electrons. The second-order valence-electron chi connectivity index (χ2n) is 21.1. The van der Waals surface area contributed by atoms with Gasteiger partial charge in [-0.15, -0.1) is 0 Å². The number of unbranched alkanes of at least 4 members (excludes halogenated alkanes) is 1. The van der Waals surface area contributed by atoms with Crippen LogP contribution in [0.25, 0.3) is 0 Å². The Morgan fingerprint density at radius 3 is 1.54 bits per heavy atom. The fourth-order valence-corrected chi connectivity index (χ4v) is 8.38. The molecule has 0 aliphatic carbocycles. The Morgan fingerprint density at radius 1 is 0.537 bits per heavy atom. The quantitative estimate of drug-likeness (QED) is 0.0350. The van der Waals surface area contributed by atoms with E-state index in [-0.39, 0.29) is 62.7 Å². The molecule has 0 fully saturated rings. The minimum atomic E-state index is -1.52. The molecule has 3 aromatic rings. The number of carbonyl (C=O) groups is 10. The van der Waals surface area contributed by atoms with E-state index >= 15 is 0 Å². The van der Waals surface area contributed by atoms with Gasteiger partial charge in [0, 0.05) is 31.2 Å². The smallest absolute Gasteiger partial charge is 0.326 e. The Bertz CT molecular complexity index is 2510. The number of carboxylic acid groups (broad SMARTS) is 2. The van der Waals surface area contributed by atoms with Gasteiger partial charge in [0.1, 0.15) is 54.1 Å². The highest BCUT2D eigenvalue weighted by Gasteiger charge is 2.35. The van der Waals surface area contributed by atoms with Crippen LogP contribution in [0, 0.1) is 17.8 Å². The Labute approximate surface area is 466 Å². The molecule has 1 aromatic heterocycles. The fraction of sp³-hybridized carbons (Fsp3) is 0.545. The van der Waals surface area contributed by atoms with Gasteiger partial charge in [-0.1, -0.05) is 84.0 Å². The molecule has 0 saturated heterocycles. The molecule has 0 bridgehead atoms. The summed E-state index contributed by atoms with van der Waals surface area (Å²) in [6.45, 7) is 12.0. The van der Waals surface area contributed by atoms with Gasteiger partial charge in [0.25, 0.3) is 0 Å². The first-order valence-electron chi connectivity index (χ1n) is 26.9. The van der Waals surface area contributed by atoms with Crippen LogP contribution < -0.4 is 54.0 Å². The summed E-state index contributed by atoms with van der Waals surface area (Å²) in [6, 6.07) is 2.94. The highest BCUT2D eigenvalue weighted by molar-refractivity contribution is 5.98. The monoisotopic (exact) mass is 1120 g/mol. The van der Waals surface area contributed by atoms with Crippen LogP contribution in [0.1, 0.15) is 110 Å². The number of phenols is 1. The molecule has 1 heterocycles. The molecule has 16 N–H and O–H groups in total. The van der Waals surface area contributed by atoms with E-state index in [0.29, 0.717) is 24.1 Å². The zero-order valence-corrected chi connectivity index (χ0v) is 46.6. The molecule has 0 spiro atoms. The summed E-state index contributed by atoms with van der Waals surface area (Å²) in [5.74, 6) is -9.98. The molecule has 440 valence electrons. The van der Waals surface area contributed by atoms with Crippen LogP contribution in [0.4, 0.5) is 0 Å². The second-order valence-corrected chi connectivity index (χ2v) is 21.1. The molecule has 25 heteroatoms. The predicted octanol–water partition coefficient (Wildman–Crippen LogP) is 0.195. The zero-order chi connectivity index (χ0) is 59.6. The van der Waals surface area contributed by atoms with Crippen molar-refractivity contribution in [2.45, 2.75) is 167 Å². The number of nitrogens with two attached hydrogens (primary N) is 2. The summed E-state index contributed by atoms with van der Waals surface area (Å²) < 4.78 is 0. The number of aromatic amines is 1. The summed E-state index contributed by atoms with van der Waals surface area (Å²) in [5.41, 5.74) is 13.6. The maximum Gasteiger partial charge on any atom is 0.326 e. The summed E-state index contributed by atoms with van der Waals surface area (Å²) in [4.78, 5) is 142. The minimum Gasteiger partial charge on any atom is -0.508 e. The molecule has 0 aliphatic rings. The number of aromatic hydroxyl groups is 1. The first-order chi connectivity index (χ1) is 37.8. The summed E-state index contributed by atoms with van der Waals surface area (Å²) in [6.07, 6.45) is 2.44. The van der Waals surface area contributed by atoms with Crippen molar-refractivity contribution in [3.8, 4) is 5.75 Å². The van der Waals surface area contributed by atoms with Gasteiger partial charge in [-0.25, -0.2) is 9.78 Å². The van der Waals surface area contributed by atoms with Gasteiger partial charge in [0.2, 0.25) is 47.3 Å². The Balaban J connectivity index is 1.88. The Kier molecular flexibility index (Phi) is 27.8.